The van der Waals surface area contributed by atoms with Crippen LogP contribution < -0.4 is 0 Å². The van der Waals surface area contributed by atoms with Crippen molar-refractivity contribution in [2.24, 2.45) is 0 Å². The maximum absolute atomic E-state index is 10.6. The molecule has 58 valence electrons. The van der Waals surface area contributed by atoms with Crippen LogP contribution in [0, 0.1) is 0 Å². The van der Waals surface area contributed by atoms with Gasteiger partial charge in [-0.15, -0.1) is 0 Å². The van der Waals surface area contributed by atoms with Crippen molar-refractivity contribution in [1.29, 1.82) is 0 Å². The lowest BCUT2D eigenvalue weighted by atomic mass is 10.5. The molecule has 1 heterocycles. The second-order valence-corrected chi connectivity index (χ2v) is 5.44. The molecule has 6 heteroatoms. The molecule has 0 aromatic carbocycles. The SMILES string of the molecule is CC1CSSSOC(=O)O1. The fraction of sp³-hybridized carbons (Fsp3) is 0.750. The van der Waals surface area contributed by atoms with E-state index in [0.29, 0.717) is 0 Å². The fourth-order valence-electron chi connectivity index (χ4n) is 0.403. The van der Waals surface area contributed by atoms with Gasteiger partial charge in [0.1, 0.15) is 17.2 Å². The zero-order chi connectivity index (χ0) is 7.40. The van der Waals surface area contributed by atoms with Crippen molar-refractivity contribution in [2.45, 2.75) is 13.0 Å². The Morgan fingerprint density at radius 3 is 3.30 bits per heavy atom. The highest BCUT2D eigenvalue weighted by Gasteiger charge is 2.15. The third-order valence-electron chi connectivity index (χ3n) is 0.778. The molecule has 0 amide bonds. The van der Waals surface area contributed by atoms with E-state index < -0.39 is 6.16 Å². The first-order valence-electron chi connectivity index (χ1n) is 2.62. The average Bonchev–Trinajstić information content (AvgIpc) is 1.83. The van der Waals surface area contributed by atoms with Gasteiger partial charge in [-0.25, -0.2) is 4.79 Å². The Balaban J connectivity index is 2.32. The van der Waals surface area contributed by atoms with E-state index in [0.717, 1.165) is 16.8 Å². The molecule has 1 saturated heterocycles. The molecule has 1 fully saturated rings. The van der Waals surface area contributed by atoms with E-state index in [9.17, 15) is 4.79 Å². The van der Waals surface area contributed by atoms with Crippen molar-refractivity contribution in [3.05, 3.63) is 0 Å². The van der Waals surface area contributed by atoms with Crippen LogP contribution in [0.1, 0.15) is 6.92 Å². The third kappa shape index (κ3) is 2.94. The normalized spacial score (nSPS) is 27.7. The zero-order valence-corrected chi connectivity index (χ0v) is 7.68. The molecule has 0 spiro atoms. The zero-order valence-electron chi connectivity index (χ0n) is 5.23. The standard InChI is InChI=1S/C4H6O3S3/c1-3-2-8-10-9-7-4(5)6-3/h3H,2H2,1H3. The Morgan fingerprint density at radius 2 is 2.50 bits per heavy atom. The minimum absolute atomic E-state index is 0.0501. The van der Waals surface area contributed by atoms with Crippen LogP contribution in [-0.4, -0.2) is 18.0 Å². The molecule has 1 unspecified atom stereocenters. The molecule has 0 aromatic rings. The van der Waals surface area contributed by atoms with Crippen LogP contribution in [0.3, 0.4) is 0 Å². The molecule has 0 saturated carbocycles. The predicted octanol–water partition coefficient (Wildman–Crippen LogP) is 2.49. The lowest BCUT2D eigenvalue weighted by Crippen LogP contribution is -2.16. The third-order valence-corrected chi connectivity index (χ3v) is 4.17. The van der Waals surface area contributed by atoms with E-state index in [1.165, 1.54) is 9.83 Å². The second kappa shape index (κ2) is 4.25. The van der Waals surface area contributed by atoms with E-state index in [-0.39, 0.29) is 6.10 Å². The maximum Gasteiger partial charge on any atom is 0.521 e. The van der Waals surface area contributed by atoms with Crippen LogP contribution in [0.25, 0.3) is 0 Å². The van der Waals surface area contributed by atoms with Gasteiger partial charge in [-0.3, -0.25) is 0 Å². The summed E-state index contributed by atoms with van der Waals surface area (Å²) in [5.41, 5.74) is 0. The van der Waals surface area contributed by atoms with Gasteiger partial charge >= 0.3 is 6.16 Å². The largest absolute Gasteiger partial charge is 0.521 e. The smallest absolute Gasteiger partial charge is 0.430 e. The first kappa shape index (κ1) is 8.42. The highest BCUT2D eigenvalue weighted by Crippen LogP contribution is 2.37. The number of carbonyl (C=O) groups excluding carboxylic acids is 1. The van der Waals surface area contributed by atoms with Crippen molar-refractivity contribution in [3.63, 3.8) is 0 Å². The van der Waals surface area contributed by atoms with E-state index in [4.69, 9.17) is 4.74 Å². The highest BCUT2D eigenvalue weighted by molar-refractivity contribution is 9.08. The molecule has 10 heavy (non-hydrogen) atoms. The Hall–Kier alpha value is 0.320. The number of hydrogen-bond donors (Lipinski definition) is 0. The Bertz CT molecular complexity index is 129. The molecule has 1 aliphatic heterocycles. The minimum Gasteiger partial charge on any atom is -0.430 e. The highest BCUT2D eigenvalue weighted by atomic mass is 33.5. The molecule has 0 aliphatic carbocycles. The Labute approximate surface area is 70.6 Å². The summed E-state index contributed by atoms with van der Waals surface area (Å²) in [5, 5.41) is 0. The molecule has 0 bridgehead atoms. The van der Waals surface area contributed by atoms with Gasteiger partial charge in [-0.1, -0.05) is 10.8 Å². The summed E-state index contributed by atoms with van der Waals surface area (Å²) >= 11 is 1.04. The molecule has 0 aromatic heterocycles. The first-order chi connectivity index (χ1) is 4.79. The number of ether oxygens (including phenoxy) is 1. The molecule has 1 rings (SSSR count). The van der Waals surface area contributed by atoms with Crippen molar-refractivity contribution in [1.82, 2.24) is 0 Å². The summed E-state index contributed by atoms with van der Waals surface area (Å²) in [6.45, 7) is 1.84. The summed E-state index contributed by atoms with van der Waals surface area (Å²) in [6.07, 6.45) is -0.642. The Morgan fingerprint density at radius 1 is 1.70 bits per heavy atom. The van der Waals surface area contributed by atoms with Crippen LogP contribution in [0.4, 0.5) is 4.79 Å². The maximum atomic E-state index is 10.6. The number of carbonyl (C=O) groups is 1. The molecule has 0 radical (unpaired) electrons. The number of rotatable bonds is 0. The van der Waals surface area contributed by atoms with Gasteiger partial charge in [-0.2, -0.15) is 0 Å². The molecule has 3 nitrogen and oxygen atoms in total. The molecular weight excluding hydrogens is 192 g/mol. The topological polar surface area (TPSA) is 35.5 Å². The average molecular weight is 198 g/mol. The van der Waals surface area contributed by atoms with Crippen LogP contribution in [0.2, 0.25) is 0 Å². The van der Waals surface area contributed by atoms with E-state index in [1.54, 1.807) is 10.8 Å². The molecular formula is C4H6O3S3. The van der Waals surface area contributed by atoms with Gasteiger partial charge in [0.2, 0.25) is 0 Å². The summed E-state index contributed by atoms with van der Waals surface area (Å²) in [4.78, 5) is 10.6. The van der Waals surface area contributed by atoms with Gasteiger partial charge in [0, 0.05) is 15.6 Å². The number of cyclic esters (lactones) is 1. The fourth-order valence-corrected chi connectivity index (χ4v) is 3.09. The monoisotopic (exact) mass is 198 g/mol. The summed E-state index contributed by atoms with van der Waals surface area (Å²) in [6, 6.07) is 0. The van der Waals surface area contributed by atoms with Crippen LogP contribution in [0.5, 0.6) is 0 Å². The lowest BCUT2D eigenvalue weighted by Gasteiger charge is -2.13. The molecule has 1 atom stereocenters. The quantitative estimate of drug-likeness (QED) is 0.338. The number of hydrogen-bond acceptors (Lipinski definition) is 6. The van der Waals surface area contributed by atoms with Gasteiger partial charge in [0.05, 0.1) is 0 Å². The van der Waals surface area contributed by atoms with Crippen LogP contribution in [-0.2, 0) is 8.92 Å². The van der Waals surface area contributed by atoms with Gasteiger partial charge in [-0.05, 0) is 6.92 Å². The van der Waals surface area contributed by atoms with E-state index in [2.05, 4.69) is 4.18 Å². The van der Waals surface area contributed by atoms with Crippen molar-refractivity contribution >= 4 is 37.8 Å². The van der Waals surface area contributed by atoms with E-state index >= 15 is 0 Å². The van der Waals surface area contributed by atoms with Gasteiger partial charge in [0.25, 0.3) is 0 Å². The van der Waals surface area contributed by atoms with Crippen molar-refractivity contribution in [3.8, 4) is 0 Å². The van der Waals surface area contributed by atoms with Gasteiger partial charge < -0.3 is 8.92 Å². The summed E-state index contributed by atoms with van der Waals surface area (Å²) in [7, 11) is 3.06. The van der Waals surface area contributed by atoms with Crippen molar-refractivity contribution in [2.75, 3.05) is 5.75 Å². The molecule has 0 N–H and O–H groups in total. The van der Waals surface area contributed by atoms with E-state index in [1.807, 2.05) is 6.92 Å². The lowest BCUT2D eigenvalue weighted by molar-refractivity contribution is 0.0812. The van der Waals surface area contributed by atoms with Crippen LogP contribution >= 0.6 is 31.7 Å². The second-order valence-electron chi connectivity index (χ2n) is 1.68. The Kier molecular flexibility index (Phi) is 3.58. The first-order valence-corrected chi connectivity index (χ1v) is 6.20. The van der Waals surface area contributed by atoms with Gasteiger partial charge in [0.15, 0.2) is 0 Å². The predicted molar refractivity (Wildman–Crippen MR) is 44.7 cm³/mol. The molecule has 1 aliphatic rings. The minimum atomic E-state index is -0.592. The summed E-state index contributed by atoms with van der Waals surface area (Å²) in [5.74, 6) is 0.812. The van der Waals surface area contributed by atoms with Crippen molar-refractivity contribution < 1.29 is 13.7 Å². The van der Waals surface area contributed by atoms with Crippen LogP contribution in [0.15, 0.2) is 0 Å². The summed E-state index contributed by atoms with van der Waals surface area (Å²) < 4.78 is 9.33.